The number of carbonyl (C=O) groups is 2. The average Bonchev–Trinajstić information content (AvgIpc) is 3.19. The fourth-order valence-corrected chi connectivity index (χ4v) is 3.89. The number of para-hydroxylation sites is 1. The van der Waals surface area contributed by atoms with Crippen LogP contribution in [-0.2, 0) is 0 Å². The highest BCUT2D eigenvalue weighted by Crippen LogP contribution is 2.26. The second-order valence-corrected chi connectivity index (χ2v) is 7.56. The third kappa shape index (κ3) is 3.22. The summed E-state index contributed by atoms with van der Waals surface area (Å²) in [7, 11) is 0. The average molecular weight is 342 g/mol. The van der Waals surface area contributed by atoms with E-state index >= 15 is 0 Å². The summed E-state index contributed by atoms with van der Waals surface area (Å²) < 4.78 is 0. The second kappa shape index (κ2) is 6.77. The van der Waals surface area contributed by atoms with Crippen molar-refractivity contribution in [1.82, 2.24) is 4.90 Å². The first-order valence-electron chi connectivity index (χ1n) is 8.24. The first-order valence-corrected chi connectivity index (χ1v) is 9.06. The molecule has 0 radical (unpaired) electrons. The molecule has 0 aliphatic carbocycles. The summed E-state index contributed by atoms with van der Waals surface area (Å²) in [6, 6.07) is 7.48. The van der Waals surface area contributed by atoms with Crippen LogP contribution in [0.15, 0.2) is 24.3 Å². The number of carbonyl (C=O) groups excluding carboxylic acids is 2. The standard InChI is InChI=1S/C19H22N2O2S/c1-12-7-6-8-15(19(23)21-9-4-5-10-21)17(12)20-18(22)16-11-13(2)14(3)24-16/h6-8,11H,4-5,9-10H2,1-3H3,(H,20,22). The summed E-state index contributed by atoms with van der Waals surface area (Å²) in [6.07, 6.45) is 2.10. The van der Waals surface area contributed by atoms with Gasteiger partial charge in [-0.3, -0.25) is 9.59 Å². The summed E-state index contributed by atoms with van der Waals surface area (Å²) in [4.78, 5) is 29.1. The van der Waals surface area contributed by atoms with Gasteiger partial charge in [-0.2, -0.15) is 0 Å². The van der Waals surface area contributed by atoms with E-state index < -0.39 is 0 Å². The highest BCUT2D eigenvalue weighted by molar-refractivity contribution is 7.14. The molecule has 0 spiro atoms. The lowest BCUT2D eigenvalue weighted by Crippen LogP contribution is -2.29. The Morgan fingerprint density at radius 1 is 1.08 bits per heavy atom. The molecule has 0 atom stereocenters. The van der Waals surface area contributed by atoms with Crippen molar-refractivity contribution in [3.8, 4) is 0 Å². The van der Waals surface area contributed by atoms with Crippen LogP contribution in [0, 0.1) is 20.8 Å². The zero-order valence-electron chi connectivity index (χ0n) is 14.3. The number of nitrogens with one attached hydrogen (secondary N) is 1. The molecule has 0 bridgehead atoms. The number of amides is 2. The maximum atomic E-state index is 12.8. The van der Waals surface area contributed by atoms with Crippen LogP contribution in [0.25, 0.3) is 0 Å². The van der Waals surface area contributed by atoms with Gasteiger partial charge in [0.15, 0.2) is 0 Å². The molecule has 3 rings (SSSR count). The minimum Gasteiger partial charge on any atom is -0.339 e. The van der Waals surface area contributed by atoms with Crippen LogP contribution in [0.1, 0.15) is 48.9 Å². The van der Waals surface area contributed by atoms with Gasteiger partial charge in [0.2, 0.25) is 0 Å². The van der Waals surface area contributed by atoms with E-state index in [0.29, 0.717) is 16.1 Å². The van der Waals surface area contributed by atoms with Gasteiger partial charge in [0.25, 0.3) is 11.8 Å². The van der Waals surface area contributed by atoms with Crippen molar-refractivity contribution in [3.63, 3.8) is 0 Å². The van der Waals surface area contributed by atoms with Crippen molar-refractivity contribution in [2.75, 3.05) is 18.4 Å². The summed E-state index contributed by atoms with van der Waals surface area (Å²) in [5.74, 6) is -0.147. The van der Waals surface area contributed by atoms with Gasteiger partial charge in [-0.1, -0.05) is 12.1 Å². The van der Waals surface area contributed by atoms with Gasteiger partial charge < -0.3 is 10.2 Å². The molecule has 1 aromatic carbocycles. The van der Waals surface area contributed by atoms with E-state index in [1.807, 2.05) is 43.9 Å². The maximum Gasteiger partial charge on any atom is 0.265 e. The monoisotopic (exact) mass is 342 g/mol. The maximum absolute atomic E-state index is 12.8. The Bertz CT molecular complexity index is 769. The van der Waals surface area contributed by atoms with E-state index in [4.69, 9.17) is 0 Å². The summed E-state index contributed by atoms with van der Waals surface area (Å²) in [5.41, 5.74) is 3.22. The normalized spacial score (nSPS) is 14.0. The van der Waals surface area contributed by atoms with E-state index in [-0.39, 0.29) is 11.8 Å². The zero-order valence-corrected chi connectivity index (χ0v) is 15.1. The highest BCUT2D eigenvalue weighted by atomic mass is 32.1. The fraction of sp³-hybridized carbons (Fsp3) is 0.368. The molecular formula is C19H22N2O2S. The largest absolute Gasteiger partial charge is 0.339 e. The SMILES string of the molecule is Cc1cc(C(=O)Nc2c(C)cccc2C(=O)N2CCCC2)sc1C. The molecule has 1 fully saturated rings. The molecule has 0 unspecified atom stereocenters. The van der Waals surface area contributed by atoms with Crippen LogP contribution in [0.3, 0.4) is 0 Å². The molecule has 4 nitrogen and oxygen atoms in total. The Morgan fingerprint density at radius 2 is 1.79 bits per heavy atom. The molecular weight excluding hydrogens is 320 g/mol. The molecule has 5 heteroatoms. The molecule has 2 aromatic rings. The van der Waals surface area contributed by atoms with Crippen molar-refractivity contribution < 1.29 is 9.59 Å². The van der Waals surface area contributed by atoms with Gasteiger partial charge in [-0.15, -0.1) is 11.3 Å². The molecule has 24 heavy (non-hydrogen) atoms. The van der Waals surface area contributed by atoms with Gasteiger partial charge >= 0.3 is 0 Å². The van der Waals surface area contributed by atoms with Crippen molar-refractivity contribution in [2.24, 2.45) is 0 Å². The number of hydrogen-bond acceptors (Lipinski definition) is 3. The van der Waals surface area contributed by atoms with Crippen molar-refractivity contribution in [2.45, 2.75) is 33.6 Å². The molecule has 0 saturated carbocycles. The Balaban J connectivity index is 1.89. The summed E-state index contributed by atoms with van der Waals surface area (Å²) >= 11 is 1.48. The number of benzene rings is 1. The van der Waals surface area contributed by atoms with Gasteiger partial charge in [0.1, 0.15) is 0 Å². The van der Waals surface area contributed by atoms with Gasteiger partial charge in [0.05, 0.1) is 16.1 Å². The van der Waals surface area contributed by atoms with Gasteiger partial charge in [-0.05, 0) is 56.9 Å². The predicted octanol–water partition coefficient (Wildman–Crippen LogP) is 4.16. The lowest BCUT2D eigenvalue weighted by atomic mass is 10.1. The Morgan fingerprint density at radius 3 is 2.42 bits per heavy atom. The van der Waals surface area contributed by atoms with Crippen molar-refractivity contribution in [3.05, 3.63) is 50.7 Å². The zero-order chi connectivity index (χ0) is 17.3. The van der Waals surface area contributed by atoms with E-state index in [9.17, 15) is 9.59 Å². The Labute approximate surface area is 146 Å². The highest BCUT2D eigenvalue weighted by Gasteiger charge is 2.23. The quantitative estimate of drug-likeness (QED) is 0.910. The smallest absolute Gasteiger partial charge is 0.265 e. The van der Waals surface area contributed by atoms with Crippen LogP contribution in [-0.4, -0.2) is 29.8 Å². The number of anilines is 1. The van der Waals surface area contributed by atoms with Crippen LogP contribution in [0.2, 0.25) is 0 Å². The predicted molar refractivity (Wildman–Crippen MR) is 98.1 cm³/mol. The Hall–Kier alpha value is -2.14. The first-order chi connectivity index (χ1) is 11.5. The van der Waals surface area contributed by atoms with Crippen molar-refractivity contribution >= 4 is 28.8 Å². The minimum absolute atomic E-state index is 0.00467. The number of aryl methyl sites for hydroxylation is 3. The van der Waals surface area contributed by atoms with Crippen LogP contribution in [0.4, 0.5) is 5.69 Å². The number of hydrogen-bond donors (Lipinski definition) is 1. The molecule has 1 aromatic heterocycles. The number of rotatable bonds is 3. The number of thiophene rings is 1. The molecule has 1 saturated heterocycles. The lowest BCUT2D eigenvalue weighted by Gasteiger charge is -2.19. The number of likely N-dealkylation sites (tertiary alicyclic amines) is 1. The topological polar surface area (TPSA) is 49.4 Å². The van der Waals surface area contributed by atoms with E-state index in [2.05, 4.69) is 5.32 Å². The molecule has 1 N–H and O–H groups in total. The van der Waals surface area contributed by atoms with E-state index in [1.54, 1.807) is 6.07 Å². The second-order valence-electron chi connectivity index (χ2n) is 6.30. The fourth-order valence-electron chi connectivity index (χ4n) is 2.96. The summed E-state index contributed by atoms with van der Waals surface area (Å²) in [6.45, 7) is 7.51. The number of nitrogens with zero attached hydrogens (tertiary/aromatic N) is 1. The van der Waals surface area contributed by atoms with Crippen LogP contribution >= 0.6 is 11.3 Å². The molecule has 1 aliphatic rings. The third-order valence-corrected chi connectivity index (χ3v) is 5.68. The van der Waals surface area contributed by atoms with Crippen molar-refractivity contribution in [1.29, 1.82) is 0 Å². The molecule has 2 amide bonds. The van der Waals surface area contributed by atoms with Gasteiger partial charge in [0, 0.05) is 18.0 Å². The van der Waals surface area contributed by atoms with Crippen LogP contribution < -0.4 is 5.32 Å². The molecule has 2 heterocycles. The Kier molecular flexibility index (Phi) is 4.71. The van der Waals surface area contributed by atoms with Crippen LogP contribution in [0.5, 0.6) is 0 Å². The minimum atomic E-state index is -0.152. The third-order valence-electron chi connectivity index (χ3n) is 4.52. The first kappa shape index (κ1) is 16.7. The van der Waals surface area contributed by atoms with Gasteiger partial charge in [-0.25, -0.2) is 0 Å². The van der Waals surface area contributed by atoms with E-state index in [1.165, 1.54) is 11.3 Å². The molecule has 1 aliphatic heterocycles. The summed E-state index contributed by atoms with van der Waals surface area (Å²) in [5, 5.41) is 2.96. The molecule has 126 valence electrons. The lowest BCUT2D eigenvalue weighted by molar-refractivity contribution is 0.0794. The van der Waals surface area contributed by atoms with E-state index in [0.717, 1.165) is 41.9 Å².